The number of rotatable bonds is 4. The molecule has 114 valence electrons. The van der Waals surface area contributed by atoms with Crippen molar-refractivity contribution in [3.8, 4) is 0 Å². The molecule has 4 N–H and O–H groups in total. The van der Waals surface area contributed by atoms with Crippen LogP contribution in [-0.4, -0.2) is 30.7 Å². The zero-order chi connectivity index (χ0) is 14.5. The van der Waals surface area contributed by atoms with Crippen molar-refractivity contribution in [3.63, 3.8) is 0 Å². The SMILES string of the molecule is Cl.NCC(=O)NCC(=O)Nc1ccc2c(c1)C(=O)CCC2. The number of benzene rings is 1. The number of nitrogens with one attached hydrogen (secondary N) is 2. The molecule has 0 aromatic heterocycles. The van der Waals surface area contributed by atoms with Crippen molar-refractivity contribution in [3.05, 3.63) is 29.3 Å². The number of aryl methyl sites for hydroxylation is 1. The second kappa shape index (κ2) is 7.75. The zero-order valence-corrected chi connectivity index (χ0v) is 12.3. The highest BCUT2D eigenvalue weighted by molar-refractivity contribution is 6.01. The molecule has 0 saturated carbocycles. The molecule has 1 aromatic rings. The summed E-state index contributed by atoms with van der Waals surface area (Å²) >= 11 is 0. The van der Waals surface area contributed by atoms with Crippen molar-refractivity contribution < 1.29 is 14.4 Å². The quantitative estimate of drug-likeness (QED) is 0.759. The topological polar surface area (TPSA) is 101 Å². The van der Waals surface area contributed by atoms with Crippen molar-refractivity contribution in [2.24, 2.45) is 5.73 Å². The van der Waals surface area contributed by atoms with Crippen LogP contribution in [0.1, 0.15) is 28.8 Å². The number of anilines is 1. The van der Waals surface area contributed by atoms with Crippen LogP contribution in [0.4, 0.5) is 5.69 Å². The van der Waals surface area contributed by atoms with E-state index in [9.17, 15) is 14.4 Å². The maximum atomic E-state index is 11.8. The van der Waals surface area contributed by atoms with E-state index < -0.39 is 0 Å². The molecule has 0 radical (unpaired) electrons. The van der Waals surface area contributed by atoms with Gasteiger partial charge in [0.2, 0.25) is 11.8 Å². The number of carbonyl (C=O) groups excluding carboxylic acids is 3. The first-order valence-electron chi connectivity index (χ1n) is 6.53. The molecule has 2 amide bonds. The number of fused-ring (bicyclic) bond motifs is 1. The molecule has 0 aliphatic heterocycles. The Morgan fingerprint density at radius 2 is 1.95 bits per heavy atom. The van der Waals surface area contributed by atoms with E-state index in [0.29, 0.717) is 17.7 Å². The molecule has 1 aliphatic carbocycles. The molecule has 0 bridgehead atoms. The third-order valence-electron chi connectivity index (χ3n) is 3.18. The van der Waals surface area contributed by atoms with Gasteiger partial charge in [-0.05, 0) is 30.5 Å². The summed E-state index contributed by atoms with van der Waals surface area (Å²) in [4.78, 5) is 34.4. The number of halogens is 1. The maximum Gasteiger partial charge on any atom is 0.243 e. The molecule has 1 aliphatic rings. The molecule has 0 unspecified atom stereocenters. The molecular weight excluding hydrogens is 294 g/mol. The lowest BCUT2D eigenvalue weighted by molar-refractivity contribution is -0.123. The second-order valence-corrected chi connectivity index (χ2v) is 4.68. The molecule has 0 atom stereocenters. The Bertz CT molecular complexity index is 560. The smallest absolute Gasteiger partial charge is 0.243 e. The minimum atomic E-state index is -0.388. The second-order valence-electron chi connectivity index (χ2n) is 4.68. The number of hydrogen-bond acceptors (Lipinski definition) is 4. The van der Waals surface area contributed by atoms with Crippen LogP contribution in [0.2, 0.25) is 0 Å². The van der Waals surface area contributed by atoms with Gasteiger partial charge in [0.25, 0.3) is 0 Å². The molecular formula is C14H18ClN3O3. The van der Waals surface area contributed by atoms with E-state index >= 15 is 0 Å². The first-order valence-corrected chi connectivity index (χ1v) is 6.53. The number of Topliss-reactive ketones (excluding diaryl/α,β-unsaturated/α-hetero) is 1. The summed E-state index contributed by atoms with van der Waals surface area (Å²) in [5.74, 6) is -0.630. The van der Waals surface area contributed by atoms with Gasteiger partial charge in [0.1, 0.15) is 0 Å². The van der Waals surface area contributed by atoms with Gasteiger partial charge in [0.05, 0.1) is 13.1 Å². The lowest BCUT2D eigenvalue weighted by atomic mass is 9.90. The van der Waals surface area contributed by atoms with Crippen LogP contribution in [0.15, 0.2) is 18.2 Å². The third-order valence-corrected chi connectivity index (χ3v) is 3.18. The molecule has 6 nitrogen and oxygen atoms in total. The van der Waals surface area contributed by atoms with Crippen molar-refractivity contribution in [2.75, 3.05) is 18.4 Å². The highest BCUT2D eigenvalue weighted by Gasteiger charge is 2.17. The summed E-state index contributed by atoms with van der Waals surface area (Å²) in [5, 5.41) is 5.03. The Hall–Kier alpha value is -1.92. The summed E-state index contributed by atoms with van der Waals surface area (Å²) in [6, 6.07) is 5.32. The Morgan fingerprint density at radius 1 is 1.19 bits per heavy atom. The number of ketones is 1. The molecule has 21 heavy (non-hydrogen) atoms. The summed E-state index contributed by atoms with van der Waals surface area (Å²) in [6.45, 7) is -0.290. The molecule has 7 heteroatoms. The van der Waals surface area contributed by atoms with Crippen molar-refractivity contribution in [1.82, 2.24) is 5.32 Å². The highest BCUT2D eigenvalue weighted by atomic mass is 35.5. The molecule has 0 saturated heterocycles. The Morgan fingerprint density at radius 3 is 2.67 bits per heavy atom. The van der Waals surface area contributed by atoms with Gasteiger partial charge in [-0.1, -0.05) is 6.07 Å². The summed E-state index contributed by atoms with van der Waals surface area (Å²) in [6.07, 6.45) is 2.32. The number of hydrogen-bond donors (Lipinski definition) is 3. The van der Waals surface area contributed by atoms with Crippen molar-refractivity contribution >= 4 is 35.7 Å². The lowest BCUT2D eigenvalue weighted by Crippen LogP contribution is -2.36. The molecule has 0 spiro atoms. The summed E-state index contributed by atoms with van der Waals surface area (Å²) < 4.78 is 0. The highest BCUT2D eigenvalue weighted by Crippen LogP contribution is 2.24. The van der Waals surface area contributed by atoms with Gasteiger partial charge in [-0.3, -0.25) is 14.4 Å². The molecule has 1 aromatic carbocycles. The number of carbonyl (C=O) groups is 3. The van der Waals surface area contributed by atoms with Gasteiger partial charge >= 0.3 is 0 Å². The van der Waals surface area contributed by atoms with Crippen LogP contribution >= 0.6 is 12.4 Å². The van der Waals surface area contributed by atoms with E-state index in [0.717, 1.165) is 18.4 Å². The summed E-state index contributed by atoms with van der Waals surface area (Å²) in [5.41, 5.74) is 7.39. The predicted molar refractivity (Wildman–Crippen MR) is 81.7 cm³/mol. The Labute approximate surface area is 128 Å². The minimum absolute atomic E-state index is 0. The van der Waals surface area contributed by atoms with E-state index in [2.05, 4.69) is 10.6 Å². The standard InChI is InChI=1S/C14H17N3O3.ClH/c15-7-13(19)16-8-14(20)17-10-5-4-9-2-1-3-12(18)11(9)6-10;/h4-6H,1-3,7-8,15H2,(H,16,19)(H,17,20);1H. The van der Waals surface area contributed by atoms with Crippen LogP contribution in [-0.2, 0) is 16.0 Å². The van der Waals surface area contributed by atoms with Gasteiger partial charge in [0.15, 0.2) is 5.78 Å². The predicted octanol–water partition coefficient (Wildman–Crippen LogP) is 0.641. The van der Waals surface area contributed by atoms with E-state index in [4.69, 9.17) is 5.73 Å². The van der Waals surface area contributed by atoms with Crippen LogP contribution < -0.4 is 16.4 Å². The molecule has 0 fully saturated rings. The van der Waals surface area contributed by atoms with Gasteiger partial charge in [-0.15, -0.1) is 12.4 Å². The number of amides is 2. The summed E-state index contributed by atoms with van der Waals surface area (Å²) in [7, 11) is 0. The monoisotopic (exact) mass is 311 g/mol. The van der Waals surface area contributed by atoms with Crippen molar-refractivity contribution in [1.29, 1.82) is 0 Å². The first-order chi connectivity index (χ1) is 9.60. The van der Waals surface area contributed by atoms with Crippen LogP contribution in [0.3, 0.4) is 0 Å². The molecule has 2 rings (SSSR count). The fraction of sp³-hybridized carbons (Fsp3) is 0.357. The lowest BCUT2D eigenvalue weighted by Gasteiger charge is -2.16. The van der Waals surface area contributed by atoms with Crippen LogP contribution in [0.25, 0.3) is 0 Å². The first kappa shape index (κ1) is 17.1. The van der Waals surface area contributed by atoms with Crippen LogP contribution in [0.5, 0.6) is 0 Å². The molecule has 0 heterocycles. The largest absolute Gasteiger partial charge is 0.346 e. The van der Waals surface area contributed by atoms with Gasteiger partial charge in [-0.25, -0.2) is 0 Å². The van der Waals surface area contributed by atoms with E-state index in [1.165, 1.54) is 0 Å². The third kappa shape index (κ3) is 4.54. The van der Waals surface area contributed by atoms with E-state index in [1.54, 1.807) is 12.1 Å². The fourth-order valence-corrected chi connectivity index (χ4v) is 2.16. The van der Waals surface area contributed by atoms with E-state index in [-0.39, 0.29) is 43.1 Å². The minimum Gasteiger partial charge on any atom is -0.346 e. The Kier molecular flexibility index (Phi) is 6.33. The zero-order valence-electron chi connectivity index (χ0n) is 11.5. The van der Waals surface area contributed by atoms with E-state index in [1.807, 2.05) is 6.07 Å². The number of nitrogens with two attached hydrogens (primary N) is 1. The average Bonchev–Trinajstić information content (AvgIpc) is 2.45. The van der Waals surface area contributed by atoms with Crippen LogP contribution in [0, 0.1) is 0 Å². The van der Waals surface area contributed by atoms with Gasteiger partial charge < -0.3 is 16.4 Å². The van der Waals surface area contributed by atoms with Gasteiger partial charge in [0, 0.05) is 17.7 Å². The maximum absolute atomic E-state index is 11.8. The Balaban J connectivity index is 0.00000220. The average molecular weight is 312 g/mol. The normalized spacial score (nSPS) is 12.9. The van der Waals surface area contributed by atoms with Gasteiger partial charge in [-0.2, -0.15) is 0 Å². The van der Waals surface area contributed by atoms with Crippen molar-refractivity contribution in [2.45, 2.75) is 19.3 Å². The fourth-order valence-electron chi connectivity index (χ4n) is 2.16.